The first-order valence-corrected chi connectivity index (χ1v) is 12.0. The van der Waals surface area contributed by atoms with Crippen LogP contribution in [0.1, 0.15) is 37.3 Å². The van der Waals surface area contributed by atoms with Crippen LogP contribution >= 0.6 is 0 Å². The van der Waals surface area contributed by atoms with Crippen LogP contribution in [-0.4, -0.2) is 55.4 Å². The minimum Gasteiger partial charge on any atom is -0.381 e. The average molecular weight is 454 g/mol. The average Bonchev–Trinajstić information content (AvgIpc) is 2.95. The number of nitrogens with zero attached hydrogens (tertiary/aromatic N) is 2. The maximum Gasteiger partial charge on any atom is 0.329 e. The molecule has 0 aliphatic carbocycles. The van der Waals surface area contributed by atoms with Crippen molar-refractivity contribution in [3.8, 4) is 0 Å². The zero-order valence-corrected chi connectivity index (χ0v) is 18.4. The molecule has 2 aromatic rings. The minimum absolute atomic E-state index is 0.0914. The molecule has 10 nitrogen and oxygen atoms in total. The summed E-state index contributed by atoms with van der Waals surface area (Å²) in [6.07, 6.45) is 3.37. The standard InChI is InChI=1S/C20H27N3O7S/c1-22-18-14(7-4-11-29-12-5-13-30-31(2,27)28)6-3-8-15(18)23(20(22)26)16-9-10-17(24)21-19(16)25/h3,6,8,16H,4-5,7,9-13H2,1-2H3,(H,21,24,25). The number of carbonyl (C=O) groups is 2. The number of piperidine rings is 1. The van der Waals surface area contributed by atoms with Gasteiger partial charge in [0.05, 0.1) is 23.9 Å². The first-order valence-electron chi connectivity index (χ1n) is 10.1. The molecule has 1 N–H and O–H groups in total. The first kappa shape index (κ1) is 23.2. The summed E-state index contributed by atoms with van der Waals surface area (Å²) in [4.78, 5) is 36.7. The number of hydrogen-bond donors (Lipinski definition) is 1. The van der Waals surface area contributed by atoms with E-state index in [1.54, 1.807) is 7.05 Å². The van der Waals surface area contributed by atoms with E-state index in [9.17, 15) is 22.8 Å². The van der Waals surface area contributed by atoms with Gasteiger partial charge in [0.2, 0.25) is 11.8 Å². The van der Waals surface area contributed by atoms with Crippen LogP contribution in [0.5, 0.6) is 0 Å². The highest BCUT2D eigenvalue weighted by Crippen LogP contribution is 2.25. The van der Waals surface area contributed by atoms with Crippen molar-refractivity contribution in [2.45, 2.75) is 38.1 Å². The molecular formula is C20H27N3O7S. The van der Waals surface area contributed by atoms with E-state index in [0.717, 1.165) is 17.3 Å². The fourth-order valence-corrected chi connectivity index (χ4v) is 4.21. The summed E-state index contributed by atoms with van der Waals surface area (Å²) in [5.41, 5.74) is 2.10. The molecule has 11 heteroatoms. The zero-order chi connectivity index (χ0) is 22.6. The van der Waals surface area contributed by atoms with Gasteiger partial charge in [0.1, 0.15) is 6.04 Å². The van der Waals surface area contributed by atoms with Crippen LogP contribution in [0.15, 0.2) is 23.0 Å². The molecule has 2 amide bonds. The van der Waals surface area contributed by atoms with Gasteiger partial charge in [-0.25, -0.2) is 4.79 Å². The highest BCUT2D eigenvalue weighted by atomic mass is 32.2. The van der Waals surface area contributed by atoms with Crippen molar-refractivity contribution in [1.82, 2.24) is 14.5 Å². The molecule has 3 rings (SSSR count). The van der Waals surface area contributed by atoms with Crippen LogP contribution in [0.4, 0.5) is 0 Å². The molecule has 1 fully saturated rings. The normalized spacial score (nSPS) is 17.3. The molecule has 1 aliphatic heterocycles. The number of fused-ring (bicyclic) bond motifs is 1. The number of hydrogen-bond acceptors (Lipinski definition) is 7. The number of imidazole rings is 1. The number of imide groups is 1. The van der Waals surface area contributed by atoms with Crippen molar-refractivity contribution in [3.63, 3.8) is 0 Å². The van der Waals surface area contributed by atoms with Crippen LogP contribution in [-0.2, 0) is 42.1 Å². The van der Waals surface area contributed by atoms with Gasteiger partial charge in [-0.3, -0.25) is 28.2 Å². The Balaban J connectivity index is 1.64. The Bertz CT molecular complexity index is 1130. The Labute approximate surface area is 180 Å². The molecule has 1 aromatic heterocycles. The van der Waals surface area contributed by atoms with Crippen molar-refractivity contribution in [1.29, 1.82) is 0 Å². The van der Waals surface area contributed by atoms with Gasteiger partial charge in [0.25, 0.3) is 10.1 Å². The van der Waals surface area contributed by atoms with E-state index < -0.39 is 22.1 Å². The molecule has 1 aliphatic rings. The van der Waals surface area contributed by atoms with Crippen molar-refractivity contribution >= 4 is 33.0 Å². The van der Waals surface area contributed by atoms with E-state index in [1.807, 2.05) is 18.2 Å². The predicted molar refractivity (Wildman–Crippen MR) is 113 cm³/mol. The molecule has 0 radical (unpaired) electrons. The van der Waals surface area contributed by atoms with E-state index in [0.29, 0.717) is 44.4 Å². The number of benzene rings is 1. The maximum atomic E-state index is 12.9. The van der Waals surface area contributed by atoms with Crippen molar-refractivity contribution in [2.75, 3.05) is 26.1 Å². The zero-order valence-electron chi connectivity index (χ0n) is 17.6. The number of nitrogens with one attached hydrogen (secondary N) is 1. The summed E-state index contributed by atoms with van der Waals surface area (Å²) in [6, 6.07) is 4.89. The second-order valence-electron chi connectivity index (χ2n) is 7.56. The second-order valence-corrected chi connectivity index (χ2v) is 9.20. The highest BCUT2D eigenvalue weighted by molar-refractivity contribution is 7.85. The Morgan fingerprint density at radius 2 is 1.87 bits per heavy atom. The monoisotopic (exact) mass is 453 g/mol. The summed E-state index contributed by atoms with van der Waals surface area (Å²) < 4.78 is 35.0. The smallest absolute Gasteiger partial charge is 0.329 e. The summed E-state index contributed by atoms with van der Waals surface area (Å²) >= 11 is 0. The van der Waals surface area contributed by atoms with Crippen molar-refractivity contribution < 1.29 is 26.9 Å². The Morgan fingerprint density at radius 1 is 1.13 bits per heavy atom. The van der Waals surface area contributed by atoms with Crippen LogP contribution in [0.2, 0.25) is 0 Å². The molecule has 0 bridgehead atoms. The molecule has 2 heterocycles. The summed E-state index contributed by atoms with van der Waals surface area (Å²) in [7, 11) is -1.75. The fourth-order valence-electron chi connectivity index (χ4n) is 3.79. The first-order chi connectivity index (χ1) is 14.7. The molecule has 1 unspecified atom stereocenters. The van der Waals surface area contributed by atoms with Gasteiger partial charge in [0.15, 0.2) is 0 Å². The largest absolute Gasteiger partial charge is 0.381 e. The number of amides is 2. The predicted octanol–water partition coefficient (Wildman–Crippen LogP) is 0.633. The highest BCUT2D eigenvalue weighted by Gasteiger charge is 2.31. The molecule has 0 saturated carbocycles. The van der Waals surface area contributed by atoms with Crippen molar-refractivity contribution in [3.05, 3.63) is 34.2 Å². The molecule has 1 aromatic carbocycles. The summed E-state index contributed by atoms with van der Waals surface area (Å²) in [5, 5.41) is 2.31. The topological polar surface area (TPSA) is 126 Å². The third-order valence-corrected chi connectivity index (χ3v) is 5.77. The SMILES string of the molecule is Cn1c(=O)n(C2CCC(=O)NC2=O)c2cccc(CCCOCCCOS(C)(=O)=O)c21. The van der Waals surface area contributed by atoms with Gasteiger partial charge < -0.3 is 4.74 Å². The molecule has 1 saturated heterocycles. The van der Waals surface area contributed by atoms with Gasteiger partial charge >= 0.3 is 5.69 Å². The molecule has 170 valence electrons. The van der Waals surface area contributed by atoms with E-state index in [-0.39, 0.29) is 24.6 Å². The van der Waals surface area contributed by atoms with Crippen LogP contribution in [0, 0.1) is 0 Å². The van der Waals surface area contributed by atoms with Gasteiger partial charge in [-0.1, -0.05) is 12.1 Å². The quantitative estimate of drug-likeness (QED) is 0.318. The van der Waals surface area contributed by atoms with Crippen LogP contribution < -0.4 is 11.0 Å². The maximum absolute atomic E-state index is 12.9. The van der Waals surface area contributed by atoms with E-state index >= 15 is 0 Å². The van der Waals surface area contributed by atoms with Crippen LogP contribution in [0.3, 0.4) is 0 Å². The number of aryl methyl sites for hydroxylation is 2. The van der Waals surface area contributed by atoms with Gasteiger partial charge in [-0.05, 0) is 37.3 Å². The molecule has 0 spiro atoms. The van der Waals surface area contributed by atoms with Gasteiger partial charge in [-0.2, -0.15) is 8.42 Å². The van der Waals surface area contributed by atoms with Gasteiger partial charge in [-0.15, -0.1) is 0 Å². The van der Waals surface area contributed by atoms with Gasteiger partial charge in [0, 0.05) is 26.7 Å². The molecular weight excluding hydrogens is 426 g/mol. The Morgan fingerprint density at radius 3 is 2.58 bits per heavy atom. The third-order valence-electron chi connectivity index (χ3n) is 5.17. The number of para-hydroxylation sites is 1. The lowest BCUT2D eigenvalue weighted by atomic mass is 10.0. The summed E-state index contributed by atoms with van der Waals surface area (Å²) in [5.74, 6) is -0.775. The second kappa shape index (κ2) is 9.75. The lowest BCUT2D eigenvalue weighted by Crippen LogP contribution is -2.44. The Kier molecular flexibility index (Phi) is 7.29. The summed E-state index contributed by atoms with van der Waals surface area (Å²) in [6.45, 7) is 0.968. The van der Waals surface area contributed by atoms with E-state index in [2.05, 4.69) is 9.50 Å². The number of aromatic nitrogens is 2. The number of rotatable bonds is 10. The van der Waals surface area contributed by atoms with E-state index in [1.165, 1.54) is 9.13 Å². The lowest BCUT2D eigenvalue weighted by Gasteiger charge is -2.21. The third kappa shape index (κ3) is 5.60. The van der Waals surface area contributed by atoms with E-state index in [4.69, 9.17) is 4.74 Å². The fraction of sp³-hybridized carbons (Fsp3) is 0.550. The Hall–Kier alpha value is -2.50. The lowest BCUT2D eigenvalue weighted by molar-refractivity contribution is -0.135. The minimum atomic E-state index is -3.43. The van der Waals surface area contributed by atoms with Crippen LogP contribution in [0.25, 0.3) is 11.0 Å². The van der Waals surface area contributed by atoms with Crippen molar-refractivity contribution in [2.24, 2.45) is 7.05 Å². The molecule has 31 heavy (non-hydrogen) atoms. The number of carbonyl (C=O) groups excluding carboxylic acids is 2. The number of ether oxygens (including phenoxy) is 1. The molecule has 1 atom stereocenters.